The number of aromatic nitrogens is 2. The van der Waals surface area contributed by atoms with Crippen LogP contribution in [0.25, 0.3) is 0 Å². The first kappa shape index (κ1) is 13.9. The van der Waals surface area contributed by atoms with E-state index in [1.54, 1.807) is 0 Å². The molecule has 2 rings (SSSR count). The fourth-order valence-electron chi connectivity index (χ4n) is 1.99. The van der Waals surface area contributed by atoms with Gasteiger partial charge in [0, 0.05) is 6.20 Å². The second-order valence-corrected chi connectivity index (χ2v) is 4.35. The summed E-state index contributed by atoms with van der Waals surface area (Å²) < 4.78 is 6.39. The number of hydrogen-bond donors (Lipinski definition) is 5. The van der Waals surface area contributed by atoms with E-state index in [1.165, 1.54) is 12.3 Å². The lowest BCUT2D eigenvalue weighted by atomic mass is 9.97. The molecule has 106 valence electrons. The molecule has 1 saturated heterocycles. The largest absolute Gasteiger partial charge is 0.394 e. The van der Waals surface area contributed by atoms with Crippen molar-refractivity contribution in [3.8, 4) is 0 Å². The van der Waals surface area contributed by atoms with Crippen molar-refractivity contribution in [3.05, 3.63) is 22.7 Å². The Kier molecular flexibility index (Phi) is 3.83. The molecule has 0 unspecified atom stereocenters. The normalized spacial score (nSPS) is 35.3. The summed E-state index contributed by atoms with van der Waals surface area (Å²) in [6, 6.07) is 0.337. The van der Waals surface area contributed by atoms with Crippen molar-refractivity contribution in [2.45, 2.75) is 30.6 Å². The second-order valence-electron chi connectivity index (χ2n) is 4.35. The maximum atomic E-state index is 11.7. The van der Waals surface area contributed by atoms with Crippen molar-refractivity contribution in [2.75, 3.05) is 12.3 Å². The summed E-state index contributed by atoms with van der Waals surface area (Å²) in [7, 11) is 0. The highest BCUT2D eigenvalue weighted by Crippen LogP contribution is 2.25. The van der Waals surface area contributed by atoms with Crippen LogP contribution in [-0.2, 0) is 4.74 Å². The number of nitrogens with zero attached hydrogens (tertiary/aromatic N) is 2. The van der Waals surface area contributed by atoms with E-state index in [0.717, 1.165) is 4.57 Å². The number of aliphatic hydroxyl groups is 3. The third kappa shape index (κ3) is 2.46. The molecule has 1 fully saturated rings. The molecule has 0 saturated carbocycles. The molecule has 1 aromatic heterocycles. The van der Waals surface area contributed by atoms with Crippen LogP contribution in [0.15, 0.2) is 17.1 Å². The minimum Gasteiger partial charge on any atom is -0.394 e. The van der Waals surface area contributed by atoms with E-state index in [1.807, 2.05) is 0 Å². The van der Waals surface area contributed by atoms with E-state index in [4.69, 9.17) is 21.3 Å². The van der Waals surface area contributed by atoms with Crippen LogP contribution in [0.1, 0.15) is 6.23 Å². The van der Waals surface area contributed by atoms with E-state index < -0.39 is 42.9 Å². The van der Waals surface area contributed by atoms with Gasteiger partial charge >= 0.3 is 5.69 Å². The Morgan fingerprint density at radius 3 is 2.68 bits per heavy atom. The molecule has 0 aromatic carbocycles. The summed E-state index contributed by atoms with van der Waals surface area (Å²) in [5.41, 5.74) is 10.4. The smallest absolute Gasteiger partial charge is 0.351 e. The molecule has 0 bridgehead atoms. The Morgan fingerprint density at radius 2 is 2.11 bits per heavy atom. The molecule has 9 heteroatoms. The number of nitrogen functional groups attached to an aromatic ring is 1. The molecule has 9 nitrogen and oxygen atoms in total. The molecular weight excluding hydrogens is 256 g/mol. The minimum absolute atomic E-state index is 0.0462. The van der Waals surface area contributed by atoms with E-state index in [-0.39, 0.29) is 5.82 Å². The Balaban J connectivity index is 2.35. The van der Waals surface area contributed by atoms with Gasteiger partial charge in [-0.3, -0.25) is 4.57 Å². The van der Waals surface area contributed by atoms with Gasteiger partial charge in [0.25, 0.3) is 0 Å². The number of rotatable bonds is 2. The number of anilines is 1. The zero-order chi connectivity index (χ0) is 14.2. The van der Waals surface area contributed by atoms with Crippen LogP contribution in [0.3, 0.4) is 0 Å². The Hall–Kier alpha value is -1.52. The van der Waals surface area contributed by atoms with Crippen LogP contribution < -0.4 is 17.2 Å². The molecule has 0 amide bonds. The summed E-state index contributed by atoms with van der Waals surface area (Å²) in [6.45, 7) is -0.515. The first-order valence-electron chi connectivity index (χ1n) is 5.68. The molecular formula is C10H16N4O5. The van der Waals surface area contributed by atoms with Gasteiger partial charge in [-0.1, -0.05) is 0 Å². The van der Waals surface area contributed by atoms with E-state index >= 15 is 0 Å². The second kappa shape index (κ2) is 5.23. The topological polar surface area (TPSA) is 157 Å². The summed E-state index contributed by atoms with van der Waals surface area (Å²) in [6.07, 6.45) is -3.41. The van der Waals surface area contributed by atoms with Crippen LogP contribution in [-0.4, -0.2) is 55.8 Å². The fraction of sp³-hybridized carbons (Fsp3) is 0.600. The third-order valence-corrected chi connectivity index (χ3v) is 3.07. The molecule has 19 heavy (non-hydrogen) atoms. The van der Waals surface area contributed by atoms with Gasteiger partial charge in [0.2, 0.25) is 0 Å². The van der Waals surface area contributed by atoms with Crippen molar-refractivity contribution in [1.82, 2.24) is 9.55 Å². The van der Waals surface area contributed by atoms with Crippen molar-refractivity contribution in [3.63, 3.8) is 0 Å². The van der Waals surface area contributed by atoms with Crippen LogP contribution >= 0.6 is 0 Å². The SMILES string of the molecule is Nc1ccn([C@@H]2O[C@H](CO)[C@@H](O)[C@H](O)[C@@H]2N)c(=O)n1. The van der Waals surface area contributed by atoms with Crippen molar-refractivity contribution < 1.29 is 20.1 Å². The Bertz CT molecular complexity index is 505. The highest BCUT2D eigenvalue weighted by Gasteiger charge is 2.43. The first-order valence-corrected chi connectivity index (χ1v) is 5.68. The summed E-state index contributed by atoms with van der Waals surface area (Å²) in [4.78, 5) is 15.2. The summed E-state index contributed by atoms with van der Waals surface area (Å²) in [5, 5.41) is 28.5. The maximum absolute atomic E-state index is 11.7. The minimum atomic E-state index is -1.33. The van der Waals surface area contributed by atoms with Crippen molar-refractivity contribution in [2.24, 2.45) is 5.73 Å². The van der Waals surface area contributed by atoms with Crippen LogP contribution in [0, 0.1) is 0 Å². The van der Waals surface area contributed by atoms with Crippen molar-refractivity contribution in [1.29, 1.82) is 0 Å². The molecule has 7 N–H and O–H groups in total. The van der Waals surface area contributed by atoms with Gasteiger partial charge in [0.1, 0.15) is 24.1 Å². The van der Waals surface area contributed by atoms with E-state index in [0.29, 0.717) is 0 Å². The van der Waals surface area contributed by atoms with Gasteiger partial charge in [0.15, 0.2) is 6.23 Å². The molecule has 2 heterocycles. The average Bonchev–Trinajstić information content (AvgIpc) is 2.38. The molecule has 0 radical (unpaired) electrons. The number of ether oxygens (including phenoxy) is 1. The average molecular weight is 272 g/mol. The lowest BCUT2D eigenvalue weighted by Gasteiger charge is -2.41. The number of aliphatic hydroxyl groups excluding tert-OH is 3. The lowest BCUT2D eigenvalue weighted by molar-refractivity contribution is -0.211. The Morgan fingerprint density at radius 1 is 1.42 bits per heavy atom. The van der Waals surface area contributed by atoms with Crippen molar-refractivity contribution >= 4 is 5.82 Å². The maximum Gasteiger partial charge on any atom is 0.351 e. The van der Waals surface area contributed by atoms with E-state index in [9.17, 15) is 15.0 Å². The Labute approximate surface area is 108 Å². The zero-order valence-corrected chi connectivity index (χ0v) is 9.96. The van der Waals surface area contributed by atoms with Gasteiger partial charge in [-0.15, -0.1) is 0 Å². The van der Waals surface area contributed by atoms with E-state index in [2.05, 4.69) is 4.98 Å². The molecule has 5 atom stereocenters. The molecule has 1 aromatic rings. The van der Waals surface area contributed by atoms with Crippen LogP contribution in [0.5, 0.6) is 0 Å². The van der Waals surface area contributed by atoms with Gasteiger partial charge in [0.05, 0.1) is 12.6 Å². The summed E-state index contributed by atoms with van der Waals surface area (Å²) >= 11 is 0. The van der Waals surface area contributed by atoms with Gasteiger partial charge in [-0.05, 0) is 6.07 Å². The molecule has 1 aliphatic rings. The van der Waals surface area contributed by atoms with Crippen LogP contribution in [0.2, 0.25) is 0 Å². The number of nitrogens with two attached hydrogens (primary N) is 2. The number of hydrogen-bond acceptors (Lipinski definition) is 8. The lowest BCUT2D eigenvalue weighted by Crippen LogP contribution is -2.60. The van der Waals surface area contributed by atoms with Gasteiger partial charge in [-0.2, -0.15) is 4.98 Å². The van der Waals surface area contributed by atoms with Gasteiger partial charge < -0.3 is 31.5 Å². The van der Waals surface area contributed by atoms with Crippen LogP contribution in [0.4, 0.5) is 5.82 Å². The summed E-state index contributed by atoms with van der Waals surface area (Å²) in [5.74, 6) is 0.0462. The standard InChI is InChI=1S/C10H16N4O5/c11-5-1-2-14(10(18)13-5)9-6(12)8(17)7(16)4(3-15)19-9/h1-2,4,6-9,15-17H,3,12H2,(H2,11,13,18)/t4-,6+,7-,8-,9-/m1/s1. The molecule has 1 aliphatic heterocycles. The van der Waals surface area contributed by atoms with Gasteiger partial charge in [-0.25, -0.2) is 4.79 Å². The monoisotopic (exact) mass is 272 g/mol. The highest BCUT2D eigenvalue weighted by atomic mass is 16.5. The molecule has 0 aliphatic carbocycles. The zero-order valence-electron chi connectivity index (χ0n) is 9.96. The third-order valence-electron chi connectivity index (χ3n) is 3.07. The predicted molar refractivity (Wildman–Crippen MR) is 63.9 cm³/mol. The predicted octanol–water partition coefficient (Wildman–Crippen LogP) is -3.24. The quantitative estimate of drug-likeness (QED) is 0.376. The highest BCUT2D eigenvalue weighted by molar-refractivity contribution is 5.23. The first-order chi connectivity index (χ1) is 8.95. The molecule has 0 spiro atoms. The fourth-order valence-corrected chi connectivity index (χ4v) is 1.99.